The normalized spacial score (nSPS) is 10.5. The molecular weight excluding hydrogens is 222 g/mol. The number of fused-ring (bicyclic) bond motifs is 1. The average molecular weight is 228 g/mol. The quantitative estimate of drug-likeness (QED) is 0.868. The Hall–Kier alpha value is -1.75. The van der Waals surface area contributed by atoms with Crippen LogP contribution in [0.25, 0.3) is 11.0 Å². The van der Waals surface area contributed by atoms with Crippen LogP contribution in [0, 0.1) is 0 Å². The molecule has 1 aromatic carbocycles. The number of carboxylic acid groups (broad SMARTS) is 1. The summed E-state index contributed by atoms with van der Waals surface area (Å²) in [5, 5.41) is 12.9. The zero-order valence-corrected chi connectivity index (χ0v) is 8.19. The number of rotatable bonds is 3. The lowest BCUT2D eigenvalue weighted by atomic mass is 10.2. The summed E-state index contributed by atoms with van der Waals surface area (Å²) in [6.45, 7) is -0.479. The van der Waals surface area contributed by atoms with Crippen molar-refractivity contribution in [2.75, 3.05) is 6.61 Å². The zero-order valence-electron chi connectivity index (χ0n) is 7.44. The van der Waals surface area contributed by atoms with Crippen molar-refractivity contribution >= 4 is 28.5 Å². The number of hydrogen-bond donors (Lipinski definition) is 1. The van der Waals surface area contributed by atoms with Crippen molar-refractivity contribution in [3.8, 4) is 5.88 Å². The molecule has 5 nitrogen and oxygen atoms in total. The first-order valence-electron chi connectivity index (χ1n) is 4.07. The topological polar surface area (TPSA) is 72.6 Å². The molecule has 0 radical (unpaired) electrons. The lowest BCUT2D eigenvalue weighted by molar-refractivity contribution is -0.139. The predicted molar refractivity (Wildman–Crippen MR) is 52.1 cm³/mol. The van der Waals surface area contributed by atoms with E-state index in [1.54, 1.807) is 18.2 Å². The second kappa shape index (κ2) is 3.78. The highest BCUT2D eigenvalue weighted by Gasteiger charge is 2.13. The van der Waals surface area contributed by atoms with E-state index in [0.717, 1.165) is 0 Å². The van der Waals surface area contributed by atoms with E-state index in [2.05, 4.69) is 5.16 Å². The van der Waals surface area contributed by atoms with Gasteiger partial charge in [-0.2, -0.15) is 0 Å². The van der Waals surface area contributed by atoms with Crippen molar-refractivity contribution in [2.45, 2.75) is 0 Å². The fourth-order valence-corrected chi connectivity index (χ4v) is 1.40. The molecule has 0 fully saturated rings. The van der Waals surface area contributed by atoms with Gasteiger partial charge in [0.25, 0.3) is 5.88 Å². The first-order chi connectivity index (χ1) is 7.18. The zero-order chi connectivity index (χ0) is 10.8. The third kappa shape index (κ3) is 1.87. The van der Waals surface area contributed by atoms with Crippen molar-refractivity contribution in [3.63, 3.8) is 0 Å². The first kappa shape index (κ1) is 9.79. The van der Waals surface area contributed by atoms with E-state index in [4.69, 9.17) is 26.0 Å². The highest BCUT2D eigenvalue weighted by atomic mass is 35.5. The summed E-state index contributed by atoms with van der Waals surface area (Å²) >= 11 is 5.89. The number of hydrogen-bond acceptors (Lipinski definition) is 4. The average Bonchev–Trinajstić information content (AvgIpc) is 2.59. The third-order valence-corrected chi connectivity index (χ3v) is 2.06. The predicted octanol–water partition coefficient (Wildman–Crippen LogP) is 1.94. The number of nitrogens with zero attached hydrogens (tertiary/aromatic N) is 1. The van der Waals surface area contributed by atoms with E-state index < -0.39 is 12.6 Å². The Labute approximate surface area is 89.2 Å². The Morgan fingerprint density at radius 3 is 3.13 bits per heavy atom. The second-order valence-corrected chi connectivity index (χ2v) is 3.19. The number of benzene rings is 1. The van der Waals surface area contributed by atoms with Gasteiger partial charge in [-0.05, 0) is 17.3 Å². The van der Waals surface area contributed by atoms with Crippen LogP contribution in [0.1, 0.15) is 0 Å². The van der Waals surface area contributed by atoms with Gasteiger partial charge in [-0.3, -0.25) is 0 Å². The van der Waals surface area contributed by atoms with E-state index in [0.29, 0.717) is 16.0 Å². The van der Waals surface area contributed by atoms with Crippen LogP contribution in [0.15, 0.2) is 22.7 Å². The minimum Gasteiger partial charge on any atom is -0.479 e. The van der Waals surface area contributed by atoms with Gasteiger partial charge >= 0.3 is 5.97 Å². The fraction of sp³-hybridized carbons (Fsp3) is 0.111. The monoisotopic (exact) mass is 227 g/mol. The van der Waals surface area contributed by atoms with Crippen molar-refractivity contribution < 1.29 is 19.2 Å². The molecule has 15 heavy (non-hydrogen) atoms. The highest BCUT2D eigenvalue weighted by molar-refractivity contribution is 6.35. The van der Waals surface area contributed by atoms with Crippen molar-refractivity contribution in [1.29, 1.82) is 0 Å². The van der Waals surface area contributed by atoms with Gasteiger partial charge in [0.1, 0.15) is 5.39 Å². The molecule has 6 heteroatoms. The number of carboxylic acids is 1. The van der Waals surface area contributed by atoms with Crippen molar-refractivity contribution in [2.24, 2.45) is 0 Å². The van der Waals surface area contributed by atoms with E-state index in [1.165, 1.54) is 0 Å². The number of carbonyl (C=O) groups is 1. The number of ether oxygens (including phenoxy) is 1. The molecule has 0 bridgehead atoms. The van der Waals surface area contributed by atoms with Crippen LogP contribution in [0.3, 0.4) is 0 Å². The van der Waals surface area contributed by atoms with Gasteiger partial charge in [-0.15, -0.1) is 0 Å². The number of aromatic nitrogens is 1. The van der Waals surface area contributed by atoms with Gasteiger partial charge in [0.15, 0.2) is 12.2 Å². The maximum absolute atomic E-state index is 10.3. The SMILES string of the molecule is O=C(O)COc1noc2cccc(Cl)c12. The lowest BCUT2D eigenvalue weighted by Gasteiger charge is -1.98. The van der Waals surface area contributed by atoms with Crippen LogP contribution in [-0.2, 0) is 4.79 Å². The summed E-state index contributed by atoms with van der Waals surface area (Å²) in [5.74, 6) is -0.990. The van der Waals surface area contributed by atoms with Crippen LogP contribution < -0.4 is 4.74 Å². The van der Waals surface area contributed by atoms with Gasteiger partial charge in [-0.1, -0.05) is 17.7 Å². The highest BCUT2D eigenvalue weighted by Crippen LogP contribution is 2.31. The Balaban J connectivity index is 2.39. The first-order valence-corrected chi connectivity index (χ1v) is 4.45. The smallest absolute Gasteiger partial charge is 0.341 e. The molecule has 1 N–H and O–H groups in total. The van der Waals surface area contributed by atoms with Gasteiger partial charge < -0.3 is 14.4 Å². The van der Waals surface area contributed by atoms with Crippen LogP contribution >= 0.6 is 11.6 Å². The van der Waals surface area contributed by atoms with Crippen molar-refractivity contribution in [1.82, 2.24) is 5.16 Å². The van der Waals surface area contributed by atoms with E-state index in [-0.39, 0.29) is 5.88 Å². The van der Waals surface area contributed by atoms with Crippen molar-refractivity contribution in [3.05, 3.63) is 23.2 Å². The van der Waals surface area contributed by atoms with E-state index in [1.807, 2.05) is 0 Å². The third-order valence-electron chi connectivity index (χ3n) is 1.75. The maximum atomic E-state index is 10.3. The largest absolute Gasteiger partial charge is 0.479 e. The molecule has 78 valence electrons. The van der Waals surface area contributed by atoms with Gasteiger partial charge in [0, 0.05) is 0 Å². The molecule has 0 unspecified atom stereocenters. The summed E-state index contributed by atoms with van der Waals surface area (Å²) in [4.78, 5) is 10.3. The minimum atomic E-state index is -1.08. The Bertz CT molecular complexity index is 508. The fourth-order valence-electron chi connectivity index (χ4n) is 1.15. The van der Waals surface area contributed by atoms with E-state index in [9.17, 15) is 4.79 Å². The molecular formula is C9H6ClNO4. The van der Waals surface area contributed by atoms with Gasteiger partial charge in [0.2, 0.25) is 0 Å². The summed E-state index contributed by atoms with van der Waals surface area (Å²) in [6.07, 6.45) is 0. The summed E-state index contributed by atoms with van der Waals surface area (Å²) in [7, 11) is 0. The van der Waals surface area contributed by atoms with Gasteiger partial charge in [0.05, 0.1) is 5.02 Å². The molecule has 2 aromatic rings. The maximum Gasteiger partial charge on any atom is 0.341 e. The Morgan fingerprint density at radius 2 is 2.40 bits per heavy atom. The molecule has 2 rings (SSSR count). The van der Waals surface area contributed by atoms with Crippen LogP contribution in [0.4, 0.5) is 0 Å². The molecule has 1 heterocycles. The number of halogens is 1. The molecule has 0 aliphatic carbocycles. The molecule has 0 saturated carbocycles. The summed E-state index contributed by atoms with van der Waals surface area (Å²) in [5.41, 5.74) is 0.461. The molecule has 0 saturated heterocycles. The molecule has 0 aliphatic rings. The molecule has 1 aromatic heterocycles. The van der Waals surface area contributed by atoms with Gasteiger partial charge in [-0.25, -0.2) is 4.79 Å². The van der Waals surface area contributed by atoms with Crippen LogP contribution in [0.2, 0.25) is 5.02 Å². The molecule has 0 spiro atoms. The lowest BCUT2D eigenvalue weighted by Crippen LogP contribution is -2.09. The van der Waals surface area contributed by atoms with Crippen LogP contribution in [-0.4, -0.2) is 22.8 Å². The van der Waals surface area contributed by atoms with E-state index >= 15 is 0 Å². The molecule has 0 atom stereocenters. The Kier molecular flexibility index (Phi) is 2.47. The Morgan fingerprint density at radius 1 is 1.60 bits per heavy atom. The summed E-state index contributed by atoms with van der Waals surface area (Å²) in [6, 6.07) is 5.02. The summed E-state index contributed by atoms with van der Waals surface area (Å²) < 4.78 is 9.82. The minimum absolute atomic E-state index is 0.0954. The molecule has 0 aliphatic heterocycles. The second-order valence-electron chi connectivity index (χ2n) is 2.78. The molecule has 0 amide bonds. The standard InChI is InChI=1S/C9H6ClNO4/c10-5-2-1-3-6-8(5)9(11-15-6)14-4-7(12)13/h1-3H,4H2,(H,12,13). The van der Waals surface area contributed by atoms with Crippen LogP contribution in [0.5, 0.6) is 5.88 Å². The number of aliphatic carboxylic acids is 1.